The van der Waals surface area contributed by atoms with Gasteiger partial charge in [0.25, 0.3) is 0 Å². The van der Waals surface area contributed by atoms with Crippen molar-refractivity contribution in [2.75, 3.05) is 19.8 Å². The first kappa shape index (κ1) is 14.4. The lowest BCUT2D eigenvalue weighted by Crippen LogP contribution is -2.28. The van der Waals surface area contributed by atoms with E-state index in [4.69, 9.17) is 9.47 Å². The van der Waals surface area contributed by atoms with E-state index in [2.05, 4.69) is 18.3 Å². The van der Waals surface area contributed by atoms with Gasteiger partial charge in [0, 0.05) is 0 Å². The Kier molecular flexibility index (Phi) is 5.49. The van der Waals surface area contributed by atoms with Crippen molar-refractivity contribution in [2.24, 2.45) is 0 Å². The van der Waals surface area contributed by atoms with Gasteiger partial charge >= 0.3 is 6.09 Å². The van der Waals surface area contributed by atoms with Crippen LogP contribution in [-0.4, -0.2) is 25.9 Å². The monoisotopic (exact) mass is 251 g/mol. The van der Waals surface area contributed by atoms with E-state index in [1.807, 2.05) is 19.9 Å². The highest BCUT2D eigenvalue weighted by Crippen LogP contribution is 2.25. The number of alkyl carbamates (subject to hydrolysis) is 1. The summed E-state index contributed by atoms with van der Waals surface area (Å²) in [6, 6.07) is 4.12. The lowest BCUT2D eigenvalue weighted by molar-refractivity contribution is 0.150. The first-order chi connectivity index (χ1) is 8.56. The van der Waals surface area contributed by atoms with Crippen molar-refractivity contribution < 1.29 is 14.3 Å². The molecular weight excluding hydrogens is 230 g/mol. The second kappa shape index (κ2) is 6.89. The van der Waals surface area contributed by atoms with Gasteiger partial charge in [-0.1, -0.05) is 12.1 Å². The minimum atomic E-state index is -0.404. The molecule has 1 N–H and O–H groups in total. The van der Waals surface area contributed by atoms with Gasteiger partial charge in [0.15, 0.2) is 0 Å². The molecule has 0 aliphatic heterocycles. The maximum Gasteiger partial charge on any atom is 0.407 e. The van der Waals surface area contributed by atoms with E-state index in [0.717, 1.165) is 16.9 Å². The minimum Gasteiger partial charge on any atom is -0.491 e. The van der Waals surface area contributed by atoms with Crippen LogP contribution in [0, 0.1) is 20.8 Å². The average molecular weight is 251 g/mol. The Bertz CT molecular complexity index is 416. The summed E-state index contributed by atoms with van der Waals surface area (Å²) in [5.74, 6) is 0.903. The Hall–Kier alpha value is -1.71. The predicted octanol–water partition coefficient (Wildman–Crippen LogP) is 2.74. The summed E-state index contributed by atoms with van der Waals surface area (Å²) in [4.78, 5) is 11.1. The van der Waals surface area contributed by atoms with Gasteiger partial charge in [0.2, 0.25) is 0 Å². The molecule has 0 radical (unpaired) electrons. The summed E-state index contributed by atoms with van der Waals surface area (Å²) >= 11 is 0. The van der Waals surface area contributed by atoms with Crippen LogP contribution in [0.15, 0.2) is 12.1 Å². The van der Waals surface area contributed by atoms with Crippen LogP contribution < -0.4 is 10.1 Å². The maximum absolute atomic E-state index is 11.1. The predicted molar refractivity (Wildman–Crippen MR) is 71.2 cm³/mol. The summed E-state index contributed by atoms with van der Waals surface area (Å²) < 4.78 is 10.5. The number of amides is 1. The number of nitrogens with one attached hydrogen (secondary N) is 1. The molecular formula is C14H21NO3. The van der Waals surface area contributed by atoms with Crippen LogP contribution in [0.1, 0.15) is 23.6 Å². The Balaban J connectivity index is 2.45. The number of hydrogen-bond donors (Lipinski definition) is 1. The Labute approximate surface area is 108 Å². The number of rotatable bonds is 5. The second-order valence-electron chi connectivity index (χ2n) is 4.15. The molecule has 0 bridgehead atoms. The van der Waals surface area contributed by atoms with Gasteiger partial charge in [-0.05, 0) is 44.4 Å². The molecule has 4 nitrogen and oxygen atoms in total. The zero-order valence-corrected chi connectivity index (χ0v) is 11.5. The van der Waals surface area contributed by atoms with Gasteiger partial charge in [-0.2, -0.15) is 0 Å². The average Bonchev–Trinajstić information content (AvgIpc) is 2.33. The van der Waals surface area contributed by atoms with Gasteiger partial charge in [-0.25, -0.2) is 4.79 Å². The number of aryl methyl sites for hydroxylation is 2. The molecule has 18 heavy (non-hydrogen) atoms. The first-order valence-electron chi connectivity index (χ1n) is 6.16. The summed E-state index contributed by atoms with van der Waals surface area (Å²) in [5.41, 5.74) is 3.45. The van der Waals surface area contributed by atoms with Crippen molar-refractivity contribution in [3.8, 4) is 5.75 Å². The van der Waals surface area contributed by atoms with Gasteiger partial charge < -0.3 is 14.8 Å². The van der Waals surface area contributed by atoms with E-state index in [1.54, 1.807) is 6.92 Å². The Morgan fingerprint density at radius 2 is 1.89 bits per heavy atom. The second-order valence-corrected chi connectivity index (χ2v) is 4.15. The molecule has 1 rings (SSSR count). The Morgan fingerprint density at radius 1 is 1.22 bits per heavy atom. The van der Waals surface area contributed by atoms with Crippen LogP contribution in [0.2, 0.25) is 0 Å². The molecule has 0 unspecified atom stereocenters. The van der Waals surface area contributed by atoms with Crippen LogP contribution in [0.3, 0.4) is 0 Å². The summed E-state index contributed by atoms with van der Waals surface area (Å²) in [5, 5.41) is 2.62. The molecule has 0 atom stereocenters. The lowest BCUT2D eigenvalue weighted by atomic mass is 10.1. The van der Waals surface area contributed by atoms with Gasteiger partial charge in [-0.3, -0.25) is 0 Å². The third-order valence-corrected chi connectivity index (χ3v) is 2.77. The molecule has 1 aromatic carbocycles. The SMILES string of the molecule is CCOC(=O)NCCOc1c(C)ccc(C)c1C. The molecule has 0 aliphatic rings. The molecule has 4 heteroatoms. The quantitative estimate of drug-likeness (QED) is 0.818. The topological polar surface area (TPSA) is 47.6 Å². The summed E-state index contributed by atoms with van der Waals surface area (Å²) in [7, 11) is 0. The molecule has 0 saturated carbocycles. The highest BCUT2D eigenvalue weighted by Gasteiger charge is 2.06. The lowest BCUT2D eigenvalue weighted by Gasteiger charge is -2.14. The number of hydrogen-bond acceptors (Lipinski definition) is 3. The summed E-state index contributed by atoms with van der Waals surface area (Å²) in [6.45, 7) is 9.13. The third-order valence-electron chi connectivity index (χ3n) is 2.77. The maximum atomic E-state index is 11.1. The molecule has 1 amide bonds. The fourth-order valence-electron chi connectivity index (χ4n) is 1.64. The van der Waals surface area contributed by atoms with E-state index >= 15 is 0 Å². The van der Waals surface area contributed by atoms with Crippen LogP contribution in [-0.2, 0) is 4.74 Å². The van der Waals surface area contributed by atoms with E-state index in [0.29, 0.717) is 19.8 Å². The number of carbonyl (C=O) groups is 1. The van der Waals surface area contributed by atoms with Gasteiger partial charge in [0.1, 0.15) is 12.4 Å². The van der Waals surface area contributed by atoms with Crippen molar-refractivity contribution in [1.82, 2.24) is 5.32 Å². The van der Waals surface area contributed by atoms with Crippen molar-refractivity contribution in [1.29, 1.82) is 0 Å². The summed E-state index contributed by atoms with van der Waals surface area (Å²) in [6.07, 6.45) is -0.404. The highest BCUT2D eigenvalue weighted by molar-refractivity contribution is 5.66. The number of benzene rings is 1. The van der Waals surface area contributed by atoms with Crippen molar-refractivity contribution in [3.05, 3.63) is 28.8 Å². The molecule has 100 valence electrons. The molecule has 0 aliphatic carbocycles. The largest absolute Gasteiger partial charge is 0.491 e. The van der Waals surface area contributed by atoms with E-state index in [-0.39, 0.29) is 0 Å². The van der Waals surface area contributed by atoms with E-state index in [1.165, 1.54) is 5.56 Å². The standard InChI is InChI=1S/C14H21NO3/c1-5-17-14(16)15-8-9-18-13-11(3)7-6-10(2)12(13)4/h6-7H,5,8-9H2,1-4H3,(H,15,16). The zero-order valence-electron chi connectivity index (χ0n) is 11.5. The van der Waals surface area contributed by atoms with Crippen LogP contribution in [0.4, 0.5) is 4.79 Å². The molecule has 0 saturated heterocycles. The van der Waals surface area contributed by atoms with Crippen LogP contribution in [0.5, 0.6) is 5.75 Å². The van der Waals surface area contributed by atoms with Crippen molar-refractivity contribution in [3.63, 3.8) is 0 Å². The number of ether oxygens (including phenoxy) is 2. The number of carbonyl (C=O) groups excluding carboxylic acids is 1. The van der Waals surface area contributed by atoms with Crippen LogP contribution in [0.25, 0.3) is 0 Å². The van der Waals surface area contributed by atoms with Crippen LogP contribution >= 0.6 is 0 Å². The normalized spacial score (nSPS) is 10.0. The third kappa shape index (κ3) is 3.95. The molecule has 0 heterocycles. The fourth-order valence-corrected chi connectivity index (χ4v) is 1.64. The Morgan fingerprint density at radius 3 is 2.56 bits per heavy atom. The van der Waals surface area contributed by atoms with Crippen molar-refractivity contribution >= 4 is 6.09 Å². The van der Waals surface area contributed by atoms with E-state index in [9.17, 15) is 4.79 Å². The molecule has 1 aromatic rings. The highest BCUT2D eigenvalue weighted by atomic mass is 16.5. The smallest absolute Gasteiger partial charge is 0.407 e. The zero-order chi connectivity index (χ0) is 13.5. The minimum absolute atomic E-state index is 0.378. The van der Waals surface area contributed by atoms with Crippen molar-refractivity contribution in [2.45, 2.75) is 27.7 Å². The molecule has 0 fully saturated rings. The van der Waals surface area contributed by atoms with Gasteiger partial charge in [-0.15, -0.1) is 0 Å². The van der Waals surface area contributed by atoms with Gasteiger partial charge in [0.05, 0.1) is 13.2 Å². The fraction of sp³-hybridized carbons (Fsp3) is 0.500. The molecule has 0 aromatic heterocycles. The molecule has 0 spiro atoms. The first-order valence-corrected chi connectivity index (χ1v) is 6.16. The van der Waals surface area contributed by atoms with E-state index < -0.39 is 6.09 Å².